The molecule has 0 bridgehead atoms. The molecule has 1 aliphatic rings. The predicted octanol–water partition coefficient (Wildman–Crippen LogP) is 3.99. The van der Waals surface area contributed by atoms with E-state index in [1.165, 1.54) is 17.7 Å². The van der Waals surface area contributed by atoms with Crippen molar-refractivity contribution in [2.45, 2.75) is 44.6 Å². The normalized spacial score (nSPS) is 31.0. The minimum atomic E-state index is -0.442. The van der Waals surface area contributed by atoms with E-state index in [1.807, 2.05) is 0 Å². The first-order valence-electron chi connectivity index (χ1n) is 5.60. The zero-order valence-corrected chi connectivity index (χ0v) is 11.4. The van der Waals surface area contributed by atoms with Crippen molar-refractivity contribution >= 4 is 27.3 Å². The van der Waals surface area contributed by atoms with Crippen LogP contribution in [0.5, 0.6) is 0 Å². The molecule has 1 aliphatic carbocycles. The molecule has 1 N–H and O–H groups in total. The van der Waals surface area contributed by atoms with E-state index in [1.54, 1.807) is 11.3 Å². The van der Waals surface area contributed by atoms with Gasteiger partial charge in [0.1, 0.15) is 0 Å². The highest BCUT2D eigenvalue weighted by molar-refractivity contribution is 9.10. The molecule has 0 aliphatic heterocycles. The number of aliphatic hydroxyl groups is 1. The zero-order chi connectivity index (χ0) is 10.9. The summed E-state index contributed by atoms with van der Waals surface area (Å²) in [6, 6.07) is 2.07. The molecule has 0 amide bonds. The quantitative estimate of drug-likeness (QED) is 0.892. The van der Waals surface area contributed by atoms with Crippen LogP contribution in [-0.4, -0.2) is 10.7 Å². The lowest BCUT2D eigenvalue weighted by molar-refractivity contribution is 0.00205. The lowest BCUT2D eigenvalue weighted by Gasteiger charge is -2.29. The average molecular weight is 289 g/mol. The molecule has 0 radical (unpaired) electrons. The summed E-state index contributed by atoms with van der Waals surface area (Å²) in [5.74, 6) is 0.492. The van der Waals surface area contributed by atoms with Crippen LogP contribution in [0.25, 0.3) is 0 Å². The molecule has 0 aromatic carbocycles. The van der Waals surface area contributed by atoms with Crippen LogP contribution in [-0.2, 0) is 6.42 Å². The van der Waals surface area contributed by atoms with Crippen molar-refractivity contribution in [3.8, 4) is 0 Å². The van der Waals surface area contributed by atoms with Crippen LogP contribution in [0.3, 0.4) is 0 Å². The van der Waals surface area contributed by atoms with Gasteiger partial charge in [-0.25, -0.2) is 0 Å². The van der Waals surface area contributed by atoms with E-state index in [-0.39, 0.29) is 0 Å². The first-order valence-corrected chi connectivity index (χ1v) is 7.27. The molecule has 1 nitrogen and oxygen atoms in total. The third-order valence-electron chi connectivity index (χ3n) is 3.57. The third kappa shape index (κ3) is 2.29. The molecule has 1 aromatic rings. The highest BCUT2D eigenvalue weighted by Crippen LogP contribution is 2.41. The summed E-state index contributed by atoms with van der Waals surface area (Å²) >= 11 is 5.28. The van der Waals surface area contributed by atoms with Crippen molar-refractivity contribution in [1.82, 2.24) is 0 Å². The standard InChI is InChI=1S/C12H17BrOS/c1-2-9-4-3-6-12(9,14)8-11-10(13)5-7-15-11/h5,7,9,14H,2-4,6,8H2,1H3. The summed E-state index contributed by atoms with van der Waals surface area (Å²) in [5, 5.41) is 12.7. The van der Waals surface area contributed by atoms with Crippen molar-refractivity contribution in [2.24, 2.45) is 5.92 Å². The van der Waals surface area contributed by atoms with E-state index in [9.17, 15) is 5.11 Å². The minimum absolute atomic E-state index is 0.442. The van der Waals surface area contributed by atoms with E-state index in [4.69, 9.17) is 0 Å². The van der Waals surface area contributed by atoms with Gasteiger partial charge in [-0.15, -0.1) is 11.3 Å². The fraction of sp³-hybridized carbons (Fsp3) is 0.667. The van der Waals surface area contributed by atoms with Gasteiger partial charge in [0.25, 0.3) is 0 Å². The van der Waals surface area contributed by atoms with Crippen LogP contribution in [0, 0.1) is 5.92 Å². The molecule has 1 aromatic heterocycles. The van der Waals surface area contributed by atoms with E-state index < -0.39 is 5.60 Å². The first-order chi connectivity index (χ1) is 7.15. The van der Waals surface area contributed by atoms with E-state index in [2.05, 4.69) is 34.3 Å². The van der Waals surface area contributed by atoms with Gasteiger partial charge < -0.3 is 5.11 Å². The summed E-state index contributed by atoms with van der Waals surface area (Å²) in [5.41, 5.74) is -0.442. The van der Waals surface area contributed by atoms with E-state index in [0.717, 1.165) is 23.7 Å². The molecule has 15 heavy (non-hydrogen) atoms. The van der Waals surface area contributed by atoms with Gasteiger partial charge in [-0.3, -0.25) is 0 Å². The van der Waals surface area contributed by atoms with Crippen molar-refractivity contribution in [1.29, 1.82) is 0 Å². The Bertz CT molecular complexity index is 336. The van der Waals surface area contributed by atoms with Crippen LogP contribution in [0.1, 0.15) is 37.5 Å². The van der Waals surface area contributed by atoms with Crippen LogP contribution in [0.2, 0.25) is 0 Å². The Morgan fingerprint density at radius 1 is 1.67 bits per heavy atom. The van der Waals surface area contributed by atoms with Crippen LogP contribution >= 0.6 is 27.3 Å². The maximum atomic E-state index is 10.6. The molecule has 84 valence electrons. The predicted molar refractivity (Wildman–Crippen MR) is 68.3 cm³/mol. The summed E-state index contributed by atoms with van der Waals surface area (Å²) in [6.07, 6.45) is 5.26. The molecule has 3 heteroatoms. The summed E-state index contributed by atoms with van der Waals surface area (Å²) in [4.78, 5) is 1.29. The van der Waals surface area contributed by atoms with Gasteiger partial charge in [-0.05, 0) is 46.1 Å². The van der Waals surface area contributed by atoms with Gasteiger partial charge in [0.15, 0.2) is 0 Å². The Balaban J connectivity index is 2.13. The fourth-order valence-corrected chi connectivity index (χ4v) is 4.28. The summed E-state index contributed by atoms with van der Waals surface area (Å²) < 4.78 is 1.16. The lowest BCUT2D eigenvalue weighted by atomic mass is 9.85. The van der Waals surface area contributed by atoms with Crippen LogP contribution in [0.15, 0.2) is 15.9 Å². The third-order valence-corrected chi connectivity index (χ3v) is 5.50. The Morgan fingerprint density at radius 3 is 3.07 bits per heavy atom. The highest BCUT2D eigenvalue weighted by atomic mass is 79.9. The van der Waals surface area contributed by atoms with E-state index >= 15 is 0 Å². The number of thiophene rings is 1. The second kappa shape index (κ2) is 4.56. The van der Waals surface area contributed by atoms with Crippen molar-refractivity contribution in [3.05, 3.63) is 20.8 Å². The van der Waals surface area contributed by atoms with Gasteiger partial charge in [-0.1, -0.05) is 19.8 Å². The summed E-state index contributed by atoms with van der Waals surface area (Å²) in [6.45, 7) is 2.18. The van der Waals surface area contributed by atoms with Crippen LogP contribution < -0.4 is 0 Å². The Hall–Kier alpha value is 0.140. The molecule has 2 rings (SSSR count). The number of hydrogen-bond donors (Lipinski definition) is 1. The lowest BCUT2D eigenvalue weighted by Crippen LogP contribution is -2.35. The topological polar surface area (TPSA) is 20.2 Å². The molecule has 1 fully saturated rings. The Labute approximate surface area is 104 Å². The van der Waals surface area contributed by atoms with Crippen LogP contribution in [0.4, 0.5) is 0 Å². The minimum Gasteiger partial charge on any atom is -0.389 e. The number of halogens is 1. The molecule has 2 unspecified atom stereocenters. The Morgan fingerprint density at radius 2 is 2.47 bits per heavy atom. The average Bonchev–Trinajstić information content (AvgIpc) is 2.75. The zero-order valence-electron chi connectivity index (χ0n) is 9.00. The molecular weight excluding hydrogens is 272 g/mol. The Kier molecular flexibility index (Phi) is 3.53. The second-order valence-electron chi connectivity index (χ2n) is 4.47. The highest BCUT2D eigenvalue weighted by Gasteiger charge is 2.40. The summed E-state index contributed by atoms with van der Waals surface area (Å²) in [7, 11) is 0. The fourth-order valence-electron chi connectivity index (χ4n) is 2.67. The maximum Gasteiger partial charge on any atom is 0.0724 e. The monoisotopic (exact) mass is 288 g/mol. The van der Waals surface area contributed by atoms with Crippen molar-refractivity contribution in [2.75, 3.05) is 0 Å². The van der Waals surface area contributed by atoms with Gasteiger partial charge >= 0.3 is 0 Å². The van der Waals surface area contributed by atoms with Gasteiger partial charge in [-0.2, -0.15) is 0 Å². The maximum absolute atomic E-state index is 10.6. The molecule has 0 spiro atoms. The molecule has 1 heterocycles. The van der Waals surface area contributed by atoms with E-state index in [0.29, 0.717) is 5.92 Å². The number of rotatable bonds is 3. The largest absolute Gasteiger partial charge is 0.389 e. The molecular formula is C12H17BrOS. The SMILES string of the molecule is CCC1CCCC1(O)Cc1sccc1Br. The molecule has 2 atom stereocenters. The second-order valence-corrected chi connectivity index (χ2v) is 6.32. The number of hydrogen-bond acceptors (Lipinski definition) is 2. The van der Waals surface area contributed by atoms with Gasteiger partial charge in [0.05, 0.1) is 5.60 Å². The van der Waals surface area contributed by atoms with Gasteiger partial charge in [0.2, 0.25) is 0 Å². The van der Waals surface area contributed by atoms with Gasteiger partial charge in [0, 0.05) is 15.8 Å². The molecule has 1 saturated carbocycles. The van der Waals surface area contributed by atoms with Crippen molar-refractivity contribution < 1.29 is 5.11 Å². The molecule has 0 saturated heterocycles. The first kappa shape index (κ1) is 11.6. The van der Waals surface area contributed by atoms with Crippen molar-refractivity contribution in [3.63, 3.8) is 0 Å². The smallest absolute Gasteiger partial charge is 0.0724 e.